The maximum absolute atomic E-state index is 13.3. The van der Waals surface area contributed by atoms with E-state index < -0.39 is 0 Å². The van der Waals surface area contributed by atoms with Crippen LogP contribution < -0.4 is 11.3 Å². The Balaban J connectivity index is 1.92. The van der Waals surface area contributed by atoms with Crippen molar-refractivity contribution in [1.82, 2.24) is 5.43 Å². The molecule has 0 aliphatic heterocycles. The minimum Gasteiger partial charge on any atom is -0.459 e. The van der Waals surface area contributed by atoms with Crippen LogP contribution in [0.1, 0.15) is 17.4 Å². The van der Waals surface area contributed by atoms with Gasteiger partial charge in [-0.15, -0.1) is 0 Å². The van der Waals surface area contributed by atoms with Crippen LogP contribution in [0.25, 0.3) is 11.0 Å². The second-order valence-electron chi connectivity index (χ2n) is 4.85. The Hall–Kier alpha value is -1.88. The van der Waals surface area contributed by atoms with E-state index in [9.17, 15) is 4.39 Å². The average molecular weight is 305 g/mol. The lowest BCUT2D eigenvalue weighted by Crippen LogP contribution is -2.29. The van der Waals surface area contributed by atoms with Crippen LogP contribution in [0.2, 0.25) is 5.02 Å². The molecule has 0 aliphatic rings. The van der Waals surface area contributed by atoms with Gasteiger partial charge in [-0.25, -0.2) is 9.82 Å². The molecule has 21 heavy (non-hydrogen) atoms. The summed E-state index contributed by atoms with van der Waals surface area (Å²) in [6, 6.07) is 13.6. The van der Waals surface area contributed by atoms with Crippen molar-refractivity contribution < 1.29 is 8.81 Å². The zero-order chi connectivity index (χ0) is 14.8. The molecule has 0 saturated carbocycles. The van der Waals surface area contributed by atoms with Gasteiger partial charge in [0.15, 0.2) is 0 Å². The maximum Gasteiger partial charge on any atom is 0.134 e. The van der Waals surface area contributed by atoms with E-state index in [1.165, 1.54) is 12.1 Å². The second kappa shape index (κ2) is 5.85. The van der Waals surface area contributed by atoms with Crippen molar-refractivity contribution in [3.05, 3.63) is 70.7 Å². The Kier molecular flexibility index (Phi) is 3.92. The highest BCUT2D eigenvalue weighted by atomic mass is 35.5. The van der Waals surface area contributed by atoms with Gasteiger partial charge in [0.1, 0.15) is 17.2 Å². The lowest BCUT2D eigenvalue weighted by Gasteiger charge is -2.14. The monoisotopic (exact) mass is 304 g/mol. The van der Waals surface area contributed by atoms with Gasteiger partial charge in [-0.05, 0) is 42.3 Å². The Morgan fingerprint density at radius 3 is 2.76 bits per heavy atom. The van der Waals surface area contributed by atoms with Crippen LogP contribution in [0, 0.1) is 5.82 Å². The van der Waals surface area contributed by atoms with Crippen LogP contribution in [0.5, 0.6) is 0 Å². The molecule has 0 spiro atoms. The highest BCUT2D eigenvalue weighted by Gasteiger charge is 2.17. The van der Waals surface area contributed by atoms with Crippen molar-refractivity contribution >= 4 is 22.6 Å². The van der Waals surface area contributed by atoms with E-state index in [2.05, 4.69) is 5.43 Å². The van der Waals surface area contributed by atoms with Crippen molar-refractivity contribution in [2.24, 2.45) is 5.84 Å². The van der Waals surface area contributed by atoms with Crippen LogP contribution in [0.15, 0.2) is 52.9 Å². The number of nitrogens with one attached hydrogen (secondary N) is 1. The summed E-state index contributed by atoms with van der Waals surface area (Å²) in [4.78, 5) is 0. The van der Waals surface area contributed by atoms with Crippen molar-refractivity contribution in [3.8, 4) is 0 Å². The normalized spacial score (nSPS) is 12.7. The molecule has 108 valence electrons. The number of nitrogens with two attached hydrogens (primary N) is 1. The molecule has 3 rings (SSSR count). The van der Waals surface area contributed by atoms with E-state index in [0.717, 1.165) is 11.0 Å². The highest BCUT2D eigenvalue weighted by molar-refractivity contribution is 6.31. The molecule has 1 atom stereocenters. The molecule has 3 aromatic rings. The summed E-state index contributed by atoms with van der Waals surface area (Å²) in [5, 5.41) is 1.51. The van der Waals surface area contributed by atoms with E-state index in [1.807, 2.05) is 30.3 Å². The average Bonchev–Trinajstić information content (AvgIpc) is 2.91. The smallest absolute Gasteiger partial charge is 0.134 e. The first kappa shape index (κ1) is 14.1. The molecule has 3 N–H and O–H groups in total. The van der Waals surface area contributed by atoms with Crippen molar-refractivity contribution in [2.45, 2.75) is 12.5 Å². The van der Waals surface area contributed by atoms with Crippen molar-refractivity contribution in [3.63, 3.8) is 0 Å². The molecule has 1 heterocycles. The topological polar surface area (TPSA) is 51.2 Å². The minimum absolute atomic E-state index is 0.281. The number of benzene rings is 2. The van der Waals surface area contributed by atoms with Gasteiger partial charge in [-0.1, -0.05) is 29.8 Å². The summed E-state index contributed by atoms with van der Waals surface area (Å²) >= 11 is 6.10. The van der Waals surface area contributed by atoms with Gasteiger partial charge in [0.2, 0.25) is 0 Å². The molecular weight excluding hydrogens is 291 g/mol. The van der Waals surface area contributed by atoms with E-state index >= 15 is 0 Å². The Bertz CT molecular complexity index is 739. The number of halogens is 2. The van der Waals surface area contributed by atoms with Crippen LogP contribution in [-0.4, -0.2) is 0 Å². The fourth-order valence-electron chi connectivity index (χ4n) is 2.34. The fraction of sp³-hybridized carbons (Fsp3) is 0.125. The van der Waals surface area contributed by atoms with Gasteiger partial charge in [0.05, 0.1) is 6.04 Å². The summed E-state index contributed by atoms with van der Waals surface area (Å²) in [5.74, 6) is 5.99. The lowest BCUT2D eigenvalue weighted by atomic mass is 10.0. The van der Waals surface area contributed by atoms with Crippen LogP contribution in [0.3, 0.4) is 0 Å². The van der Waals surface area contributed by atoms with Crippen molar-refractivity contribution in [2.75, 3.05) is 0 Å². The molecule has 5 heteroatoms. The number of hydrogen-bond acceptors (Lipinski definition) is 3. The molecule has 0 radical (unpaired) electrons. The fourth-order valence-corrected chi connectivity index (χ4v) is 2.53. The second-order valence-corrected chi connectivity index (χ2v) is 5.25. The molecule has 1 aromatic heterocycles. The maximum atomic E-state index is 13.3. The third-order valence-electron chi connectivity index (χ3n) is 3.42. The molecular formula is C16H14ClFN2O. The zero-order valence-corrected chi connectivity index (χ0v) is 11.9. The number of para-hydroxylation sites is 1. The predicted molar refractivity (Wildman–Crippen MR) is 81.4 cm³/mol. The molecule has 0 saturated heterocycles. The summed E-state index contributed by atoms with van der Waals surface area (Å²) in [6.07, 6.45) is 0.437. The van der Waals surface area contributed by atoms with E-state index in [4.69, 9.17) is 21.9 Å². The van der Waals surface area contributed by atoms with E-state index in [1.54, 1.807) is 6.07 Å². The van der Waals surface area contributed by atoms with Crippen LogP contribution in [0.4, 0.5) is 4.39 Å². The van der Waals surface area contributed by atoms with E-state index in [-0.39, 0.29) is 11.9 Å². The number of furan rings is 1. The summed E-state index contributed by atoms with van der Waals surface area (Å²) < 4.78 is 19.1. The summed E-state index contributed by atoms with van der Waals surface area (Å²) in [6.45, 7) is 0. The van der Waals surface area contributed by atoms with Gasteiger partial charge in [-0.2, -0.15) is 0 Å². The Morgan fingerprint density at radius 1 is 1.19 bits per heavy atom. The minimum atomic E-state index is -0.324. The SMILES string of the molecule is NNC(Cc1cc(F)ccc1Cl)c1cc2ccccc2o1. The van der Waals surface area contributed by atoms with Gasteiger partial charge >= 0.3 is 0 Å². The van der Waals surface area contributed by atoms with E-state index in [0.29, 0.717) is 22.8 Å². The first-order valence-corrected chi connectivity index (χ1v) is 6.93. The number of hydrazine groups is 1. The number of rotatable bonds is 4. The molecule has 1 unspecified atom stereocenters. The van der Waals surface area contributed by atoms with Crippen LogP contribution in [-0.2, 0) is 6.42 Å². The third-order valence-corrected chi connectivity index (χ3v) is 3.79. The van der Waals surface area contributed by atoms with Gasteiger partial charge in [0.25, 0.3) is 0 Å². The van der Waals surface area contributed by atoms with Crippen LogP contribution >= 0.6 is 11.6 Å². The molecule has 0 aliphatic carbocycles. The first-order valence-electron chi connectivity index (χ1n) is 6.56. The molecule has 0 bridgehead atoms. The van der Waals surface area contributed by atoms with Gasteiger partial charge in [0, 0.05) is 10.4 Å². The largest absolute Gasteiger partial charge is 0.459 e. The lowest BCUT2D eigenvalue weighted by molar-refractivity contribution is 0.434. The quantitative estimate of drug-likeness (QED) is 0.566. The molecule has 0 fully saturated rings. The van der Waals surface area contributed by atoms with Gasteiger partial charge in [-0.3, -0.25) is 5.84 Å². The number of fused-ring (bicyclic) bond motifs is 1. The third kappa shape index (κ3) is 2.93. The first-order chi connectivity index (χ1) is 10.2. The molecule has 0 amide bonds. The highest BCUT2D eigenvalue weighted by Crippen LogP contribution is 2.28. The molecule has 3 nitrogen and oxygen atoms in total. The molecule has 2 aromatic carbocycles. The number of hydrogen-bond donors (Lipinski definition) is 2. The Labute approximate surface area is 126 Å². The van der Waals surface area contributed by atoms with Gasteiger partial charge < -0.3 is 4.42 Å². The van der Waals surface area contributed by atoms with Crippen molar-refractivity contribution in [1.29, 1.82) is 0 Å². The summed E-state index contributed by atoms with van der Waals surface area (Å²) in [7, 11) is 0. The zero-order valence-electron chi connectivity index (χ0n) is 11.1. The summed E-state index contributed by atoms with van der Waals surface area (Å²) in [5.41, 5.74) is 4.17. The predicted octanol–water partition coefficient (Wildman–Crippen LogP) is 3.97. The standard InChI is InChI=1S/C16H14ClFN2O/c17-13-6-5-12(18)7-11(13)8-14(20-19)16-9-10-3-1-2-4-15(10)21-16/h1-7,9,14,20H,8,19H2. The Morgan fingerprint density at radius 2 is 2.00 bits per heavy atom.